The molecule has 0 heterocycles. The molecular formula is C13H26N2O2. The second-order valence-corrected chi connectivity index (χ2v) is 4.74. The highest BCUT2D eigenvalue weighted by Crippen LogP contribution is 2.27. The summed E-state index contributed by atoms with van der Waals surface area (Å²) in [6, 6.07) is 0. The van der Waals surface area contributed by atoms with Crippen LogP contribution in [0.2, 0.25) is 0 Å². The van der Waals surface area contributed by atoms with Crippen molar-refractivity contribution in [2.45, 2.75) is 39.0 Å². The molecule has 1 aliphatic carbocycles. The minimum absolute atomic E-state index is 0.115. The molecule has 1 rings (SSSR count). The van der Waals surface area contributed by atoms with E-state index in [0.29, 0.717) is 6.54 Å². The van der Waals surface area contributed by atoms with E-state index in [-0.39, 0.29) is 5.91 Å². The Kier molecular flexibility index (Phi) is 8.01. The van der Waals surface area contributed by atoms with Crippen molar-refractivity contribution >= 4 is 5.91 Å². The minimum Gasteiger partial charge on any atom is -0.381 e. The third kappa shape index (κ3) is 9.12. The van der Waals surface area contributed by atoms with E-state index in [9.17, 15) is 4.79 Å². The van der Waals surface area contributed by atoms with Crippen molar-refractivity contribution in [1.82, 2.24) is 10.6 Å². The van der Waals surface area contributed by atoms with Crippen LogP contribution in [0, 0.1) is 5.92 Å². The second-order valence-electron chi connectivity index (χ2n) is 4.74. The Morgan fingerprint density at radius 2 is 2.06 bits per heavy atom. The number of ether oxygens (including phenoxy) is 1. The smallest absolute Gasteiger partial charge is 0.233 e. The van der Waals surface area contributed by atoms with E-state index in [2.05, 4.69) is 17.6 Å². The van der Waals surface area contributed by atoms with E-state index in [1.165, 1.54) is 19.3 Å². The third-order valence-corrected chi connectivity index (χ3v) is 2.85. The fraction of sp³-hybridized carbons (Fsp3) is 0.923. The summed E-state index contributed by atoms with van der Waals surface area (Å²) < 4.78 is 5.43. The lowest BCUT2D eigenvalue weighted by Crippen LogP contribution is -2.35. The first kappa shape index (κ1) is 14.5. The van der Waals surface area contributed by atoms with Gasteiger partial charge in [-0.15, -0.1) is 0 Å². The Hall–Kier alpha value is -0.610. The van der Waals surface area contributed by atoms with Crippen LogP contribution >= 0.6 is 0 Å². The highest BCUT2D eigenvalue weighted by Gasteiger charge is 2.21. The summed E-state index contributed by atoms with van der Waals surface area (Å²) in [6.07, 6.45) is 5.85. The molecule has 0 unspecified atom stereocenters. The maximum absolute atomic E-state index is 11.3. The number of hydrogen-bond donors (Lipinski definition) is 2. The molecule has 0 spiro atoms. The highest BCUT2D eigenvalue weighted by atomic mass is 16.5. The molecule has 4 heteroatoms. The summed E-state index contributed by atoms with van der Waals surface area (Å²) in [5.74, 6) is 0.870. The van der Waals surface area contributed by atoms with E-state index in [1.54, 1.807) is 0 Å². The van der Waals surface area contributed by atoms with Crippen molar-refractivity contribution in [2.24, 2.45) is 5.92 Å². The molecule has 1 fully saturated rings. The lowest BCUT2D eigenvalue weighted by atomic mass is 10.3. The SMILES string of the molecule is CCCCOCCCNCC(=O)NCC1CC1. The Labute approximate surface area is 104 Å². The van der Waals surface area contributed by atoms with Crippen LogP contribution in [0.5, 0.6) is 0 Å². The minimum atomic E-state index is 0.115. The maximum atomic E-state index is 11.3. The normalized spacial score (nSPS) is 14.9. The molecule has 0 saturated heterocycles. The molecule has 0 aromatic heterocycles. The standard InChI is InChI=1S/C13H26N2O2/c1-2-3-8-17-9-4-7-14-11-13(16)15-10-12-5-6-12/h12,14H,2-11H2,1H3,(H,15,16). The number of unbranched alkanes of at least 4 members (excludes halogenated alkanes) is 1. The van der Waals surface area contributed by atoms with Gasteiger partial charge in [-0.3, -0.25) is 4.79 Å². The molecule has 1 aliphatic rings. The molecule has 0 radical (unpaired) electrons. The molecule has 0 aliphatic heterocycles. The van der Waals surface area contributed by atoms with E-state index in [0.717, 1.165) is 45.1 Å². The van der Waals surface area contributed by atoms with Crippen molar-refractivity contribution in [2.75, 3.05) is 32.8 Å². The van der Waals surface area contributed by atoms with Crippen LogP contribution in [0.25, 0.3) is 0 Å². The zero-order chi connectivity index (χ0) is 12.3. The van der Waals surface area contributed by atoms with E-state index in [1.807, 2.05) is 0 Å². The van der Waals surface area contributed by atoms with Crippen LogP contribution in [0.1, 0.15) is 39.0 Å². The van der Waals surface area contributed by atoms with Crippen molar-refractivity contribution in [3.05, 3.63) is 0 Å². The number of carbonyl (C=O) groups is 1. The summed E-state index contributed by atoms with van der Waals surface area (Å²) in [4.78, 5) is 11.3. The Bertz CT molecular complexity index is 206. The number of hydrogen-bond acceptors (Lipinski definition) is 3. The summed E-state index contributed by atoms with van der Waals surface area (Å²) in [5, 5.41) is 6.06. The van der Waals surface area contributed by atoms with Crippen molar-refractivity contribution in [1.29, 1.82) is 0 Å². The van der Waals surface area contributed by atoms with Gasteiger partial charge in [-0.2, -0.15) is 0 Å². The van der Waals surface area contributed by atoms with E-state index in [4.69, 9.17) is 4.74 Å². The third-order valence-electron chi connectivity index (χ3n) is 2.85. The van der Waals surface area contributed by atoms with Crippen LogP contribution in [0.15, 0.2) is 0 Å². The Morgan fingerprint density at radius 1 is 1.29 bits per heavy atom. The predicted molar refractivity (Wildman–Crippen MR) is 68.9 cm³/mol. The Morgan fingerprint density at radius 3 is 2.76 bits per heavy atom. The first-order valence-electron chi connectivity index (χ1n) is 6.88. The van der Waals surface area contributed by atoms with Gasteiger partial charge in [0.1, 0.15) is 0 Å². The monoisotopic (exact) mass is 242 g/mol. The largest absolute Gasteiger partial charge is 0.381 e. The first-order valence-corrected chi connectivity index (χ1v) is 6.88. The Balaban J connectivity index is 1.74. The van der Waals surface area contributed by atoms with Gasteiger partial charge in [0.05, 0.1) is 6.54 Å². The summed E-state index contributed by atoms with van der Waals surface area (Å²) >= 11 is 0. The van der Waals surface area contributed by atoms with Crippen LogP contribution in [0.3, 0.4) is 0 Å². The zero-order valence-corrected chi connectivity index (χ0v) is 11.0. The molecule has 100 valence electrons. The molecule has 0 aromatic rings. The van der Waals surface area contributed by atoms with E-state index >= 15 is 0 Å². The second kappa shape index (κ2) is 9.42. The fourth-order valence-electron chi connectivity index (χ4n) is 1.49. The quantitative estimate of drug-likeness (QED) is 0.537. The first-order chi connectivity index (χ1) is 8.33. The summed E-state index contributed by atoms with van der Waals surface area (Å²) in [7, 11) is 0. The molecule has 1 saturated carbocycles. The van der Waals surface area contributed by atoms with Gasteiger partial charge in [0.25, 0.3) is 0 Å². The highest BCUT2D eigenvalue weighted by molar-refractivity contribution is 5.77. The number of carbonyl (C=O) groups excluding carboxylic acids is 1. The molecule has 0 bridgehead atoms. The van der Waals surface area contributed by atoms with Crippen LogP contribution in [-0.2, 0) is 9.53 Å². The van der Waals surface area contributed by atoms with Crippen LogP contribution < -0.4 is 10.6 Å². The molecule has 1 amide bonds. The zero-order valence-electron chi connectivity index (χ0n) is 11.0. The van der Waals surface area contributed by atoms with Gasteiger partial charge in [0.15, 0.2) is 0 Å². The van der Waals surface area contributed by atoms with Crippen LogP contribution in [-0.4, -0.2) is 38.8 Å². The number of nitrogens with one attached hydrogen (secondary N) is 2. The van der Waals surface area contributed by atoms with Crippen molar-refractivity contribution in [3.63, 3.8) is 0 Å². The predicted octanol–water partition coefficient (Wildman–Crippen LogP) is 1.31. The lowest BCUT2D eigenvalue weighted by molar-refractivity contribution is -0.120. The van der Waals surface area contributed by atoms with Crippen molar-refractivity contribution < 1.29 is 9.53 Å². The van der Waals surface area contributed by atoms with Gasteiger partial charge in [0, 0.05) is 19.8 Å². The van der Waals surface area contributed by atoms with Gasteiger partial charge >= 0.3 is 0 Å². The fourth-order valence-corrected chi connectivity index (χ4v) is 1.49. The molecule has 0 atom stereocenters. The number of rotatable bonds is 11. The molecule has 17 heavy (non-hydrogen) atoms. The van der Waals surface area contributed by atoms with Gasteiger partial charge in [0.2, 0.25) is 5.91 Å². The maximum Gasteiger partial charge on any atom is 0.233 e. The topological polar surface area (TPSA) is 50.4 Å². The molecule has 4 nitrogen and oxygen atoms in total. The van der Waals surface area contributed by atoms with Crippen LogP contribution in [0.4, 0.5) is 0 Å². The van der Waals surface area contributed by atoms with Crippen molar-refractivity contribution in [3.8, 4) is 0 Å². The van der Waals surface area contributed by atoms with Gasteiger partial charge in [-0.1, -0.05) is 13.3 Å². The number of amides is 1. The average molecular weight is 242 g/mol. The van der Waals surface area contributed by atoms with Gasteiger partial charge in [-0.05, 0) is 38.1 Å². The molecule has 2 N–H and O–H groups in total. The van der Waals surface area contributed by atoms with Gasteiger partial charge in [-0.25, -0.2) is 0 Å². The lowest BCUT2D eigenvalue weighted by Gasteiger charge is -2.06. The summed E-state index contributed by atoms with van der Waals surface area (Å²) in [5.41, 5.74) is 0. The molecular weight excluding hydrogens is 216 g/mol. The summed E-state index contributed by atoms with van der Waals surface area (Å²) in [6.45, 7) is 5.95. The average Bonchev–Trinajstić information content (AvgIpc) is 3.14. The van der Waals surface area contributed by atoms with Gasteiger partial charge < -0.3 is 15.4 Å². The van der Waals surface area contributed by atoms with E-state index < -0.39 is 0 Å². The molecule has 0 aromatic carbocycles.